The Labute approximate surface area is 95.1 Å². The predicted octanol–water partition coefficient (Wildman–Crippen LogP) is 2.20. The fraction of sp³-hybridized carbons (Fsp3) is 0.0909. The average molecular weight is 236 g/mol. The van der Waals surface area contributed by atoms with Crippen molar-refractivity contribution in [3.05, 3.63) is 46.0 Å². The van der Waals surface area contributed by atoms with Gasteiger partial charge < -0.3 is 9.52 Å². The maximum atomic E-state index is 11.8. The lowest BCUT2D eigenvalue weighted by molar-refractivity contribution is -0.136. The maximum absolute atomic E-state index is 11.8. The molecule has 0 bridgehead atoms. The molecule has 0 aliphatic rings. The second-order valence-corrected chi connectivity index (χ2v) is 4.35. The van der Waals surface area contributed by atoms with Gasteiger partial charge in [0.25, 0.3) is 0 Å². The fourth-order valence-corrected chi connectivity index (χ4v) is 2.24. The Morgan fingerprint density at radius 2 is 2.12 bits per heavy atom. The van der Waals surface area contributed by atoms with Crippen LogP contribution in [0.1, 0.15) is 20.1 Å². The molecule has 5 heteroatoms. The molecule has 2 aromatic rings. The molecule has 0 fully saturated rings. The highest BCUT2D eigenvalue weighted by atomic mass is 32.1. The lowest BCUT2D eigenvalue weighted by atomic mass is 10.2. The lowest BCUT2D eigenvalue weighted by Crippen LogP contribution is -1.97. The van der Waals surface area contributed by atoms with Gasteiger partial charge in [0.15, 0.2) is 0 Å². The van der Waals surface area contributed by atoms with Crippen LogP contribution in [0.25, 0.3) is 0 Å². The van der Waals surface area contributed by atoms with Crippen molar-refractivity contribution in [2.24, 2.45) is 0 Å². The minimum absolute atomic E-state index is 0.0522. The van der Waals surface area contributed by atoms with Crippen LogP contribution < -0.4 is 0 Å². The van der Waals surface area contributed by atoms with Crippen molar-refractivity contribution in [3.63, 3.8) is 0 Å². The number of hydrogen-bond donors (Lipinski definition) is 1. The first kappa shape index (κ1) is 10.6. The van der Waals surface area contributed by atoms with E-state index in [0.717, 1.165) is 0 Å². The molecule has 82 valence electrons. The zero-order valence-corrected chi connectivity index (χ0v) is 8.99. The third kappa shape index (κ3) is 2.20. The number of ketones is 1. The normalized spacial score (nSPS) is 10.2. The molecule has 0 radical (unpaired) electrons. The number of carboxylic acids is 1. The smallest absolute Gasteiger partial charge is 0.308 e. The summed E-state index contributed by atoms with van der Waals surface area (Å²) in [4.78, 5) is 23.5. The Balaban J connectivity index is 2.19. The van der Waals surface area contributed by atoms with Gasteiger partial charge in [0.2, 0.25) is 5.78 Å². The van der Waals surface area contributed by atoms with Gasteiger partial charge in [0.05, 0.1) is 23.1 Å². The van der Waals surface area contributed by atoms with E-state index in [9.17, 15) is 9.59 Å². The van der Waals surface area contributed by atoms with Crippen LogP contribution in [0.5, 0.6) is 0 Å². The van der Waals surface area contributed by atoms with Crippen molar-refractivity contribution in [3.8, 4) is 0 Å². The standard InChI is InChI=1S/C11H8O4S/c12-10(13)5-8-1-2-9(16-8)11(14)7-3-4-15-6-7/h1-4,6H,5H2,(H,12,13). The Kier molecular flexibility index (Phi) is 2.87. The molecule has 0 amide bonds. The number of carboxylic acid groups (broad SMARTS) is 1. The van der Waals surface area contributed by atoms with Crippen LogP contribution in [-0.2, 0) is 11.2 Å². The van der Waals surface area contributed by atoms with Crippen molar-refractivity contribution >= 4 is 23.1 Å². The molecule has 0 spiro atoms. The number of carbonyl (C=O) groups excluding carboxylic acids is 1. The summed E-state index contributed by atoms with van der Waals surface area (Å²) in [5.41, 5.74) is 0.476. The third-order valence-electron chi connectivity index (χ3n) is 1.99. The summed E-state index contributed by atoms with van der Waals surface area (Å²) in [6.07, 6.45) is 2.75. The number of rotatable bonds is 4. The first-order valence-electron chi connectivity index (χ1n) is 4.54. The zero-order valence-electron chi connectivity index (χ0n) is 8.17. The van der Waals surface area contributed by atoms with Gasteiger partial charge in [0, 0.05) is 4.88 Å². The van der Waals surface area contributed by atoms with Crippen LogP contribution in [0.15, 0.2) is 35.1 Å². The van der Waals surface area contributed by atoms with E-state index < -0.39 is 5.97 Å². The molecule has 4 nitrogen and oxygen atoms in total. The number of carbonyl (C=O) groups is 2. The summed E-state index contributed by atoms with van der Waals surface area (Å²) >= 11 is 1.20. The van der Waals surface area contributed by atoms with Crippen LogP contribution in [0.2, 0.25) is 0 Å². The number of hydrogen-bond acceptors (Lipinski definition) is 4. The van der Waals surface area contributed by atoms with Gasteiger partial charge in [-0.05, 0) is 18.2 Å². The molecular weight excluding hydrogens is 228 g/mol. The molecule has 0 aliphatic heterocycles. The van der Waals surface area contributed by atoms with Gasteiger partial charge in [-0.25, -0.2) is 0 Å². The van der Waals surface area contributed by atoms with Gasteiger partial charge in [-0.2, -0.15) is 0 Å². The molecule has 0 unspecified atom stereocenters. The van der Waals surface area contributed by atoms with E-state index in [0.29, 0.717) is 15.3 Å². The average Bonchev–Trinajstić information content (AvgIpc) is 2.84. The molecular formula is C11H8O4S. The molecule has 2 rings (SSSR count). The SMILES string of the molecule is O=C(O)Cc1ccc(C(=O)c2ccoc2)s1. The quantitative estimate of drug-likeness (QED) is 0.826. The molecule has 2 heterocycles. The van der Waals surface area contributed by atoms with Gasteiger partial charge in [-0.1, -0.05) is 0 Å². The first-order valence-corrected chi connectivity index (χ1v) is 5.36. The second-order valence-electron chi connectivity index (χ2n) is 3.18. The van der Waals surface area contributed by atoms with E-state index in [2.05, 4.69) is 0 Å². The van der Waals surface area contributed by atoms with Gasteiger partial charge >= 0.3 is 5.97 Å². The summed E-state index contributed by atoms with van der Waals surface area (Å²) in [7, 11) is 0. The van der Waals surface area contributed by atoms with Crippen molar-refractivity contribution in [2.45, 2.75) is 6.42 Å². The third-order valence-corrected chi connectivity index (χ3v) is 3.08. The van der Waals surface area contributed by atoms with E-state index in [-0.39, 0.29) is 12.2 Å². The topological polar surface area (TPSA) is 67.5 Å². The van der Waals surface area contributed by atoms with E-state index in [4.69, 9.17) is 9.52 Å². The maximum Gasteiger partial charge on any atom is 0.308 e. The first-order chi connectivity index (χ1) is 7.66. The van der Waals surface area contributed by atoms with Crippen molar-refractivity contribution in [1.82, 2.24) is 0 Å². The Morgan fingerprint density at radius 3 is 2.75 bits per heavy atom. The Bertz CT molecular complexity index is 510. The summed E-state index contributed by atoms with van der Waals surface area (Å²) in [6, 6.07) is 4.88. The number of furan rings is 1. The number of thiophene rings is 1. The monoisotopic (exact) mass is 236 g/mol. The summed E-state index contributed by atoms with van der Waals surface area (Å²) in [6.45, 7) is 0. The molecule has 0 saturated carbocycles. The minimum Gasteiger partial charge on any atom is -0.481 e. The highest BCUT2D eigenvalue weighted by Gasteiger charge is 2.13. The van der Waals surface area contributed by atoms with Crippen LogP contribution in [0.3, 0.4) is 0 Å². The minimum atomic E-state index is -0.899. The molecule has 0 atom stereocenters. The molecule has 0 saturated heterocycles. The molecule has 2 aromatic heterocycles. The van der Waals surface area contributed by atoms with Crippen LogP contribution in [0, 0.1) is 0 Å². The van der Waals surface area contributed by atoms with Crippen molar-refractivity contribution in [2.75, 3.05) is 0 Å². The van der Waals surface area contributed by atoms with E-state index in [1.54, 1.807) is 18.2 Å². The van der Waals surface area contributed by atoms with Crippen LogP contribution >= 0.6 is 11.3 Å². The molecule has 0 aromatic carbocycles. The predicted molar refractivity (Wildman–Crippen MR) is 57.8 cm³/mol. The van der Waals surface area contributed by atoms with Gasteiger partial charge in [0.1, 0.15) is 6.26 Å². The van der Waals surface area contributed by atoms with Crippen molar-refractivity contribution < 1.29 is 19.1 Å². The highest BCUT2D eigenvalue weighted by Crippen LogP contribution is 2.20. The molecule has 1 N–H and O–H groups in total. The summed E-state index contributed by atoms with van der Waals surface area (Å²) in [5.74, 6) is -1.04. The van der Waals surface area contributed by atoms with E-state index >= 15 is 0 Å². The second kappa shape index (κ2) is 4.32. The highest BCUT2D eigenvalue weighted by molar-refractivity contribution is 7.14. The van der Waals surface area contributed by atoms with Gasteiger partial charge in [-0.3, -0.25) is 9.59 Å². The summed E-state index contributed by atoms with van der Waals surface area (Å²) < 4.78 is 4.82. The number of aliphatic carboxylic acids is 1. The Hall–Kier alpha value is -1.88. The van der Waals surface area contributed by atoms with Crippen LogP contribution in [-0.4, -0.2) is 16.9 Å². The van der Waals surface area contributed by atoms with E-state index in [1.807, 2.05) is 0 Å². The Morgan fingerprint density at radius 1 is 1.31 bits per heavy atom. The van der Waals surface area contributed by atoms with Crippen molar-refractivity contribution in [1.29, 1.82) is 0 Å². The largest absolute Gasteiger partial charge is 0.481 e. The van der Waals surface area contributed by atoms with E-state index in [1.165, 1.54) is 23.9 Å². The fourth-order valence-electron chi connectivity index (χ4n) is 1.28. The van der Waals surface area contributed by atoms with Gasteiger partial charge in [-0.15, -0.1) is 11.3 Å². The summed E-state index contributed by atoms with van der Waals surface area (Å²) in [5, 5.41) is 8.61. The lowest BCUT2D eigenvalue weighted by Gasteiger charge is -1.91. The molecule has 16 heavy (non-hydrogen) atoms. The van der Waals surface area contributed by atoms with Crippen LogP contribution in [0.4, 0.5) is 0 Å². The zero-order chi connectivity index (χ0) is 11.5. The molecule has 0 aliphatic carbocycles.